The summed E-state index contributed by atoms with van der Waals surface area (Å²) in [6.07, 6.45) is 6.47. The zero-order chi connectivity index (χ0) is 26.0. The molecule has 5 N–H and O–H groups in total. The van der Waals surface area contributed by atoms with Crippen LogP contribution in [0.1, 0.15) is 71.1 Å². The summed E-state index contributed by atoms with van der Waals surface area (Å²) in [4.78, 5) is 45.2. The largest absolute Gasteiger partial charge is 0.481 e. The van der Waals surface area contributed by atoms with Gasteiger partial charge in [0.15, 0.2) is 0 Å². The van der Waals surface area contributed by atoms with Crippen molar-refractivity contribution < 1.29 is 39.6 Å². The number of aliphatic carboxylic acids is 3. The molecule has 11 heteroatoms. The molecular weight excluding hydrogens is 458 g/mol. The summed E-state index contributed by atoms with van der Waals surface area (Å²) in [5.74, 6) is -2.79. The molecule has 1 amide bonds. The summed E-state index contributed by atoms with van der Waals surface area (Å²) in [6, 6.07) is 1.99. The average Bonchev–Trinajstić information content (AvgIpc) is 3.18. The van der Waals surface area contributed by atoms with Gasteiger partial charge in [0.05, 0.1) is 36.5 Å². The molecule has 0 spiro atoms. The molecule has 2 unspecified atom stereocenters. The highest BCUT2D eigenvalue weighted by Gasteiger charge is 2.57. The van der Waals surface area contributed by atoms with Crippen LogP contribution in [0.2, 0.25) is 0 Å². The molecule has 194 valence electrons. The minimum absolute atomic E-state index is 0.0453. The lowest BCUT2D eigenvalue weighted by atomic mass is 9.51. The Morgan fingerprint density at radius 3 is 2.09 bits per heavy atom. The van der Waals surface area contributed by atoms with Crippen molar-refractivity contribution in [3.63, 3.8) is 0 Å². The molecule has 4 saturated carbocycles. The van der Waals surface area contributed by atoms with Gasteiger partial charge in [0.2, 0.25) is 5.91 Å². The lowest BCUT2D eigenvalue weighted by Gasteiger charge is -2.60. The number of aliphatic hydroxyl groups is 1. The Hall–Kier alpha value is -2.71. The van der Waals surface area contributed by atoms with Crippen LogP contribution < -0.4 is 5.32 Å². The standard InChI is InChI=1S/C17H25N3O2.C7H10O6/c18-9-14-2-1-3-20(14)15(21)10-19-16-5-12-4-13(6-16)8-17(22,7-12)11-16;1-7(6(12)13,2-4(8)9)3-5(10)11/h12-14,19,22H,1-8,10-11H2;2-3H2,1H3,(H,8,9)(H,10,11)(H,12,13)/t12?,13?,14-,16?,17?;/m0./s1. The Morgan fingerprint density at radius 1 is 1.06 bits per heavy atom. The van der Waals surface area contributed by atoms with Gasteiger partial charge in [-0.05, 0) is 70.1 Å². The third-order valence-electron chi connectivity index (χ3n) is 7.97. The lowest BCUT2D eigenvalue weighted by Crippen LogP contribution is -2.65. The van der Waals surface area contributed by atoms with E-state index in [-0.39, 0.29) is 17.5 Å². The van der Waals surface area contributed by atoms with E-state index in [0.717, 1.165) is 51.9 Å². The molecule has 4 aliphatic carbocycles. The Kier molecular flexibility index (Phi) is 7.77. The van der Waals surface area contributed by atoms with Crippen LogP contribution in [0.4, 0.5) is 0 Å². The second-order valence-corrected chi connectivity index (χ2v) is 11.2. The van der Waals surface area contributed by atoms with Crippen molar-refractivity contribution >= 4 is 23.8 Å². The molecule has 1 heterocycles. The summed E-state index contributed by atoms with van der Waals surface area (Å²) in [5.41, 5.74) is -2.28. The lowest BCUT2D eigenvalue weighted by molar-refractivity contribution is -0.159. The van der Waals surface area contributed by atoms with E-state index in [1.807, 2.05) is 0 Å². The van der Waals surface area contributed by atoms with Gasteiger partial charge in [0, 0.05) is 12.1 Å². The zero-order valence-electron chi connectivity index (χ0n) is 20.0. The summed E-state index contributed by atoms with van der Waals surface area (Å²) in [6.45, 7) is 2.12. The Bertz CT molecular complexity index is 883. The fourth-order valence-corrected chi connectivity index (χ4v) is 6.87. The van der Waals surface area contributed by atoms with Gasteiger partial charge in [-0.15, -0.1) is 0 Å². The van der Waals surface area contributed by atoms with Gasteiger partial charge in [-0.3, -0.25) is 19.2 Å². The molecule has 0 aromatic rings. The summed E-state index contributed by atoms with van der Waals surface area (Å²) in [7, 11) is 0. The van der Waals surface area contributed by atoms with E-state index in [2.05, 4.69) is 11.4 Å². The van der Waals surface area contributed by atoms with E-state index >= 15 is 0 Å². The van der Waals surface area contributed by atoms with E-state index in [1.54, 1.807) is 4.90 Å². The molecule has 1 aliphatic heterocycles. The number of carbonyl (C=O) groups is 4. The second kappa shape index (κ2) is 10.1. The van der Waals surface area contributed by atoms with E-state index in [9.17, 15) is 24.3 Å². The maximum Gasteiger partial charge on any atom is 0.310 e. The number of rotatable bonds is 8. The predicted molar refractivity (Wildman–Crippen MR) is 121 cm³/mol. The average molecular weight is 494 g/mol. The topological polar surface area (TPSA) is 188 Å². The third kappa shape index (κ3) is 6.30. The number of hydrogen-bond donors (Lipinski definition) is 5. The second-order valence-electron chi connectivity index (χ2n) is 11.2. The summed E-state index contributed by atoms with van der Waals surface area (Å²) < 4.78 is 0. The minimum Gasteiger partial charge on any atom is -0.481 e. The van der Waals surface area contributed by atoms with Crippen LogP contribution in [-0.4, -0.2) is 79.4 Å². The van der Waals surface area contributed by atoms with E-state index in [1.165, 1.54) is 6.42 Å². The van der Waals surface area contributed by atoms with Gasteiger partial charge in [-0.25, -0.2) is 0 Å². The minimum atomic E-state index is -1.74. The normalized spacial score (nSPS) is 32.9. The SMILES string of the molecule is CC(CC(=O)O)(CC(=O)O)C(=O)O.N#C[C@@H]1CCCN1C(=O)CNC12CC3CC(CC(O)(C3)C1)C2. The molecule has 1 saturated heterocycles. The van der Waals surface area contributed by atoms with Crippen molar-refractivity contribution in [1.82, 2.24) is 10.2 Å². The Balaban J connectivity index is 0.000000228. The zero-order valence-corrected chi connectivity index (χ0v) is 20.0. The number of nitriles is 1. The van der Waals surface area contributed by atoms with Crippen LogP contribution >= 0.6 is 0 Å². The van der Waals surface area contributed by atoms with Crippen molar-refractivity contribution in [1.29, 1.82) is 5.26 Å². The molecule has 11 nitrogen and oxygen atoms in total. The highest BCUT2D eigenvalue weighted by atomic mass is 16.4. The van der Waals surface area contributed by atoms with Gasteiger partial charge in [-0.2, -0.15) is 5.26 Å². The number of likely N-dealkylation sites (tertiary alicyclic amines) is 1. The van der Waals surface area contributed by atoms with Crippen LogP contribution in [0.5, 0.6) is 0 Å². The first-order valence-electron chi connectivity index (χ1n) is 12.1. The summed E-state index contributed by atoms with van der Waals surface area (Å²) >= 11 is 0. The number of carboxylic acids is 3. The fraction of sp³-hybridized carbons (Fsp3) is 0.792. The van der Waals surface area contributed by atoms with Gasteiger partial charge in [-0.1, -0.05) is 0 Å². The molecule has 0 aromatic carbocycles. The molecule has 35 heavy (non-hydrogen) atoms. The number of amides is 1. The molecule has 5 fully saturated rings. The van der Waals surface area contributed by atoms with Crippen molar-refractivity contribution in [3.8, 4) is 6.07 Å². The highest BCUT2D eigenvalue weighted by Crippen LogP contribution is 2.57. The first-order valence-corrected chi connectivity index (χ1v) is 12.1. The Morgan fingerprint density at radius 2 is 1.63 bits per heavy atom. The summed E-state index contributed by atoms with van der Waals surface area (Å²) in [5, 5.41) is 48.7. The molecule has 5 aliphatic rings. The van der Waals surface area contributed by atoms with E-state index in [4.69, 9.17) is 20.6 Å². The number of nitrogens with one attached hydrogen (secondary N) is 1. The molecule has 3 atom stereocenters. The fourth-order valence-electron chi connectivity index (χ4n) is 6.87. The van der Waals surface area contributed by atoms with Gasteiger partial charge in [0.1, 0.15) is 6.04 Å². The molecule has 0 aromatic heterocycles. The molecular formula is C24H35N3O8. The van der Waals surface area contributed by atoms with E-state index in [0.29, 0.717) is 24.9 Å². The van der Waals surface area contributed by atoms with Crippen LogP contribution in [0.15, 0.2) is 0 Å². The quantitative estimate of drug-likeness (QED) is 0.328. The maximum atomic E-state index is 12.4. The van der Waals surface area contributed by atoms with Crippen molar-refractivity contribution in [2.24, 2.45) is 17.3 Å². The Labute approximate surface area is 204 Å². The highest BCUT2D eigenvalue weighted by molar-refractivity contribution is 5.85. The van der Waals surface area contributed by atoms with Crippen LogP contribution in [0.3, 0.4) is 0 Å². The van der Waals surface area contributed by atoms with Crippen LogP contribution in [-0.2, 0) is 19.2 Å². The maximum absolute atomic E-state index is 12.4. The van der Waals surface area contributed by atoms with Crippen molar-refractivity contribution in [3.05, 3.63) is 0 Å². The van der Waals surface area contributed by atoms with Crippen molar-refractivity contribution in [2.45, 2.75) is 88.3 Å². The first kappa shape index (κ1) is 26.9. The first-order chi connectivity index (χ1) is 16.3. The van der Waals surface area contributed by atoms with Crippen molar-refractivity contribution in [2.75, 3.05) is 13.1 Å². The number of carbonyl (C=O) groups excluding carboxylic acids is 1. The number of carboxylic acid groups (broad SMARTS) is 3. The van der Waals surface area contributed by atoms with Gasteiger partial charge < -0.3 is 30.6 Å². The molecule has 4 bridgehead atoms. The number of hydrogen-bond acceptors (Lipinski definition) is 7. The van der Waals surface area contributed by atoms with Gasteiger partial charge >= 0.3 is 17.9 Å². The number of nitrogens with zero attached hydrogens (tertiary/aromatic N) is 2. The predicted octanol–water partition coefficient (Wildman–Crippen LogP) is 1.20. The molecule has 5 rings (SSSR count). The molecule has 0 radical (unpaired) electrons. The smallest absolute Gasteiger partial charge is 0.310 e. The van der Waals surface area contributed by atoms with E-state index < -0.39 is 41.8 Å². The third-order valence-corrected chi connectivity index (χ3v) is 7.97. The van der Waals surface area contributed by atoms with Crippen LogP contribution in [0.25, 0.3) is 0 Å². The van der Waals surface area contributed by atoms with Gasteiger partial charge in [0.25, 0.3) is 0 Å². The van der Waals surface area contributed by atoms with Crippen LogP contribution in [0, 0.1) is 28.6 Å². The monoisotopic (exact) mass is 493 g/mol.